The Morgan fingerprint density at radius 1 is 1.31 bits per heavy atom. The molecule has 0 bridgehead atoms. The summed E-state index contributed by atoms with van der Waals surface area (Å²) in [5.74, 6) is 1.70. The van der Waals surface area contributed by atoms with E-state index in [2.05, 4.69) is 48.9 Å². The molecule has 0 saturated heterocycles. The lowest BCUT2D eigenvalue weighted by Crippen LogP contribution is -2.28. The van der Waals surface area contributed by atoms with Gasteiger partial charge >= 0.3 is 0 Å². The van der Waals surface area contributed by atoms with E-state index in [9.17, 15) is 0 Å². The van der Waals surface area contributed by atoms with Crippen LogP contribution in [0.15, 0.2) is 6.07 Å². The quantitative estimate of drug-likeness (QED) is 0.842. The molecule has 0 atom stereocenters. The average molecular weight is 221 g/mol. The molecule has 0 amide bonds. The SMILES string of the molecule is CC(C)c1cc(NC2CCC2)n(C(C)C)n1. The number of hydrogen-bond acceptors (Lipinski definition) is 2. The number of anilines is 1. The first kappa shape index (κ1) is 11.5. The van der Waals surface area contributed by atoms with Gasteiger partial charge in [0.15, 0.2) is 0 Å². The molecule has 1 aromatic heterocycles. The van der Waals surface area contributed by atoms with Crippen LogP contribution >= 0.6 is 0 Å². The van der Waals surface area contributed by atoms with Gasteiger partial charge in [-0.05, 0) is 39.0 Å². The third kappa shape index (κ3) is 2.23. The van der Waals surface area contributed by atoms with Gasteiger partial charge in [0.2, 0.25) is 0 Å². The summed E-state index contributed by atoms with van der Waals surface area (Å²) in [5, 5.41) is 8.28. The standard InChI is InChI=1S/C13H23N3/c1-9(2)12-8-13(14-11-6-5-7-11)16(15-12)10(3)4/h8-11,14H,5-7H2,1-4H3. The molecule has 1 saturated carbocycles. The molecule has 1 fully saturated rings. The van der Waals surface area contributed by atoms with Gasteiger partial charge in [0.1, 0.15) is 5.82 Å². The summed E-state index contributed by atoms with van der Waals surface area (Å²) >= 11 is 0. The van der Waals surface area contributed by atoms with Gasteiger partial charge in [-0.2, -0.15) is 5.10 Å². The minimum Gasteiger partial charge on any atom is -0.368 e. The summed E-state index contributed by atoms with van der Waals surface area (Å²) in [4.78, 5) is 0. The van der Waals surface area contributed by atoms with Crippen LogP contribution in [-0.4, -0.2) is 15.8 Å². The second kappa shape index (κ2) is 4.48. The molecular formula is C13H23N3. The molecule has 16 heavy (non-hydrogen) atoms. The lowest BCUT2D eigenvalue weighted by atomic mass is 9.93. The first-order chi connectivity index (χ1) is 7.58. The summed E-state index contributed by atoms with van der Waals surface area (Å²) < 4.78 is 2.12. The highest BCUT2D eigenvalue weighted by Crippen LogP contribution is 2.27. The zero-order chi connectivity index (χ0) is 11.7. The number of aromatic nitrogens is 2. The molecule has 0 radical (unpaired) electrons. The van der Waals surface area contributed by atoms with Crippen molar-refractivity contribution in [3.63, 3.8) is 0 Å². The Morgan fingerprint density at radius 2 is 2.00 bits per heavy atom. The van der Waals surface area contributed by atoms with Crippen LogP contribution in [0.5, 0.6) is 0 Å². The fourth-order valence-corrected chi connectivity index (χ4v) is 1.96. The molecule has 0 aromatic carbocycles. The summed E-state index contributed by atoms with van der Waals surface area (Å²) in [6, 6.07) is 3.31. The number of rotatable bonds is 4. The number of nitrogens with zero attached hydrogens (tertiary/aromatic N) is 2. The lowest BCUT2D eigenvalue weighted by Gasteiger charge is -2.28. The Kier molecular flexibility index (Phi) is 3.22. The van der Waals surface area contributed by atoms with Crippen molar-refractivity contribution < 1.29 is 0 Å². The van der Waals surface area contributed by atoms with Gasteiger partial charge in [-0.15, -0.1) is 0 Å². The summed E-state index contributed by atoms with van der Waals surface area (Å²) in [7, 11) is 0. The van der Waals surface area contributed by atoms with Crippen molar-refractivity contribution in [2.45, 2.75) is 65.0 Å². The maximum Gasteiger partial charge on any atom is 0.125 e. The Morgan fingerprint density at radius 3 is 2.44 bits per heavy atom. The number of nitrogens with one attached hydrogen (secondary N) is 1. The van der Waals surface area contributed by atoms with Crippen LogP contribution < -0.4 is 5.32 Å². The molecule has 1 aromatic rings. The van der Waals surface area contributed by atoms with E-state index in [-0.39, 0.29) is 0 Å². The Hall–Kier alpha value is -0.990. The van der Waals surface area contributed by atoms with Crippen LogP contribution in [0.4, 0.5) is 5.82 Å². The van der Waals surface area contributed by atoms with Gasteiger partial charge in [-0.3, -0.25) is 0 Å². The van der Waals surface area contributed by atoms with Gasteiger partial charge < -0.3 is 5.32 Å². The Balaban J connectivity index is 2.18. The molecule has 1 N–H and O–H groups in total. The first-order valence-electron chi connectivity index (χ1n) is 6.44. The molecule has 2 rings (SSSR count). The minimum absolute atomic E-state index is 0.426. The van der Waals surface area contributed by atoms with Gasteiger partial charge in [-0.25, -0.2) is 4.68 Å². The third-order valence-electron chi connectivity index (χ3n) is 3.29. The largest absolute Gasteiger partial charge is 0.368 e. The normalized spacial score (nSPS) is 16.9. The van der Waals surface area contributed by atoms with Gasteiger partial charge in [0.25, 0.3) is 0 Å². The maximum absolute atomic E-state index is 4.67. The van der Waals surface area contributed by atoms with Crippen LogP contribution in [0.25, 0.3) is 0 Å². The van der Waals surface area contributed by atoms with Crippen LogP contribution in [0.1, 0.15) is 64.6 Å². The van der Waals surface area contributed by atoms with Gasteiger partial charge in [-0.1, -0.05) is 13.8 Å². The zero-order valence-electron chi connectivity index (χ0n) is 10.8. The topological polar surface area (TPSA) is 29.9 Å². The summed E-state index contributed by atoms with van der Waals surface area (Å²) in [6.07, 6.45) is 3.98. The molecular weight excluding hydrogens is 198 g/mol. The van der Waals surface area contributed by atoms with Gasteiger partial charge in [0.05, 0.1) is 5.69 Å². The van der Waals surface area contributed by atoms with Crippen LogP contribution in [0.3, 0.4) is 0 Å². The van der Waals surface area contributed by atoms with E-state index in [0.29, 0.717) is 18.0 Å². The molecule has 3 heteroatoms. The molecule has 0 spiro atoms. The summed E-state index contributed by atoms with van der Waals surface area (Å²) in [6.45, 7) is 8.76. The number of hydrogen-bond donors (Lipinski definition) is 1. The van der Waals surface area contributed by atoms with E-state index in [1.54, 1.807) is 0 Å². The second-order valence-electron chi connectivity index (χ2n) is 5.42. The first-order valence-corrected chi connectivity index (χ1v) is 6.44. The molecule has 90 valence electrons. The molecule has 1 aliphatic rings. The highest BCUT2D eigenvalue weighted by atomic mass is 15.3. The van der Waals surface area contributed by atoms with E-state index in [1.807, 2.05) is 0 Å². The van der Waals surface area contributed by atoms with Crippen LogP contribution in [0, 0.1) is 0 Å². The fourth-order valence-electron chi connectivity index (χ4n) is 1.96. The smallest absolute Gasteiger partial charge is 0.125 e. The predicted molar refractivity (Wildman–Crippen MR) is 68.0 cm³/mol. The van der Waals surface area contributed by atoms with Crippen molar-refractivity contribution in [2.75, 3.05) is 5.32 Å². The monoisotopic (exact) mass is 221 g/mol. The van der Waals surface area contributed by atoms with Crippen molar-refractivity contribution in [1.29, 1.82) is 0 Å². The average Bonchev–Trinajstić information content (AvgIpc) is 2.55. The minimum atomic E-state index is 0.426. The van der Waals surface area contributed by atoms with Crippen LogP contribution in [-0.2, 0) is 0 Å². The van der Waals surface area contributed by atoms with E-state index >= 15 is 0 Å². The fraction of sp³-hybridized carbons (Fsp3) is 0.769. The molecule has 3 nitrogen and oxygen atoms in total. The molecule has 1 aliphatic carbocycles. The maximum atomic E-state index is 4.67. The lowest BCUT2D eigenvalue weighted by molar-refractivity contribution is 0.436. The van der Waals surface area contributed by atoms with Crippen molar-refractivity contribution >= 4 is 5.82 Å². The Bertz CT molecular complexity index is 348. The summed E-state index contributed by atoms with van der Waals surface area (Å²) in [5.41, 5.74) is 1.19. The highest BCUT2D eigenvalue weighted by Gasteiger charge is 2.20. The van der Waals surface area contributed by atoms with Gasteiger partial charge in [0, 0.05) is 18.2 Å². The van der Waals surface area contributed by atoms with Crippen LogP contribution in [0.2, 0.25) is 0 Å². The third-order valence-corrected chi connectivity index (χ3v) is 3.29. The van der Waals surface area contributed by atoms with Crippen molar-refractivity contribution in [3.8, 4) is 0 Å². The Labute approximate surface area is 98.2 Å². The van der Waals surface area contributed by atoms with Crippen molar-refractivity contribution in [1.82, 2.24) is 9.78 Å². The van der Waals surface area contributed by atoms with Crippen molar-refractivity contribution in [2.24, 2.45) is 0 Å². The molecule has 0 aliphatic heterocycles. The second-order valence-corrected chi connectivity index (χ2v) is 5.42. The van der Waals surface area contributed by atoms with E-state index in [1.165, 1.54) is 30.8 Å². The zero-order valence-corrected chi connectivity index (χ0v) is 10.8. The highest BCUT2D eigenvalue weighted by molar-refractivity contribution is 5.40. The molecule has 1 heterocycles. The van der Waals surface area contributed by atoms with Crippen molar-refractivity contribution in [3.05, 3.63) is 11.8 Å². The van der Waals surface area contributed by atoms with E-state index in [0.717, 1.165) is 0 Å². The van der Waals surface area contributed by atoms with E-state index < -0.39 is 0 Å². The predicted octanol–water partition coefficient (Wildman–Crippen LogP) is 3.55. The molecule has 0 unspecified atom stereocenters. The van der Waals surface area contributed by atoms with E-state index in [4.69, 9.17) is 0 Å².